The van der Waals surface area contributed by atoms with Crippen LogP contribution in [0.25, 0.3) is 11.3 Å². The number of benzene rings is 2. The Morgan fingerprint density at radius 3 is 2.74 bits per heavy atom. The Morgan fingerprint density at radius 1 is 1.22 bits per heavy atom. The smallest absolute Gasteiger partial charge is 0.275 e. The summed E-state index contributed by atoms with van der Waals surface area (Å²) in [4.78, 5) is 22.4. The van der Waals surface area contributed by atoms with Gasteiger partial charge < -0.3 is 9.52 Å². The number of hydrogen-bond acceptors (Lipinski definition) is 6. The fourth-order valence-corrected chi connectivity index (χ4v) is 2.44. The number of rotatable bonds is 5. The zero-order chi connectivity index (χ0) is 19.4. The Balaban J connectivity index is 1.74. The average Bonchev–Trinajstić information content (AvgIpc) is 3.10. The van der Waals surface area contributed by atoms with Gasteiger partial charge in [-0.1, -0.05) is 18.2 Å². The molecule has 8 heteroatoms. The van der Waals surface area contributed by atoms with Crippen molar-refractivity contribution < 1.29 is 19.2 Å². The van der Waals surface area contributed by atoms with Crippen molar-refractivity contribution in [2.45, 2.75) is 6.92 Å². The third-order valence-corrected chi connectivity index (χ3v) is 3.83. The Hall–Kier alpha value is -3.94. The van der Waals surface area contributed by atoms with Crippen molar-refractivity contribution in [3.8, 4) is 17.1 Å². The van der Waals surface area contributed by atoms with E-state index in [0.29, 0.717) is 17.1 Å². The Kier molecular flexibility index (Phi) is 4.98. The molecule has 0 fully saturated rings. The Bertz CT molecular complexity index is 1040. The minimum atomic E-state index is -0.564. The van der Waals surface area contributed by atoms with Crippen LogP contribution in [0.5, 0.6) is 5.75 Å². The second kappa shape index (κ2) is 7.52. The lowest BCUT2D eigenvalue weighted by atomic mass is 10.1. The normalized spacial score (nSPS) is 10.9. The van der Waals surface area contributed by atoms with Crippen LogP contribution in [0.15, 0.2) is 64.1 Å². The molecule has 1 heterocycles. The summed E-state index contributed by atoms with van der Waals surface area (Å²) < 4.78 is 5.62. The molecule has 0 aliphatic heterocycles. The SMILES string of the molecule is Cc1ccc([N+](=O)[O-])cc1-c1ccc(/C=N\NC(=O)c2ccccc2O)o1. The van der Waals surface area contributed by atoms with E-state index >= 15 is 0 Å². The van der Waals surface area contributed by atoms with Gasteiger partial charge in [0.25, 0.3) is 11.6 Å². The minimum absolute atomic E-state index is 0.0304. The topological polar surface area (TPSA) is 118 Å². The number of carbonyl (C=O) groups is 1. The maximum Gasteiger partial charge on any atom is 0.275 e. The van der Waals surface area contributed by atoms with Crippen molar-refractivity contribution in [2.24, 2.45) is 5.10 Å². The second-order valence-electron chi connectivity index (χ2n) is 5.67. The summed E-state index contributed by atoms with van der Waals surface area (Å²) in [7, 11) is 0. The number of nitro benzene ring substituents is 1. The summed E-state index contributed by atoms with van der Waals surface area (Å²) in [6.45, 7) is 1.82. The molecular formula is C19H15N3O5. The fourth-order valence-electron chi connectivity index (χ4n) is 2.44. The van der Waals surface area contributed by atoms with Crippen molar-refractivity contribution in [2.75, 3.05) is 0 Å². The van der Waals surface area contributed by atoms with E-state index in [0.717, 1.165) is 5.56 Å². The molecule has 0 saturated heterocycles. The second-order valence-corrected chi connectivity index (χ2v) is 5.67. The molecule has 27 heavy (non-hydrogen) atoms. The molecule has 3 aromatic rings. The van der Waals surface area contributed by atoms with Gasteiger partial charge in [0.2, 0.25) is 0 Å². The molecule has 0 bridgehead atoms. The molecule has 0 spiro atoms. The number of para-hydroxylation sites is 1. The van der Waals surface area contributed by atoms with Gasteiger partial charge in [0.1, 0.15) is 17.3 Å². The number of phenols is 1. The Labute approximate surface area is 153 Å². The number of nitro groups is 1. The van der Waals surface area contributed by atoms with Crippen molar-refractivity contribution in [3.63, 3.8) is 0 Å². The number of nitrogens with zero attached hydrogens (tertiary/aromatic N) is 2. The van der Waals surface area contributed by atoms with Crippen LogP contribution in [0.4, 0.5) is 5.69 Å². The number of furan rings is 1. The van der Waals surface area contributed by atoms with E-state index in [2.05, 4.69) is 10.5 Å². The zero-order valence-corrected chi connectivity index (χ0v) is 14.2. The van der Waals surface area contributed by atoms with Crippen LogP contribution in [0, 0.1) is 17.0 Å². The first-order valence-corrected chi connectivity index (χ1v) is 7.92. The van der Waals surface area contributed by atoms with E-state index in [-0.39, 0.29) is 17.0 Å². The van der Waals surface area contributed by atoms with Gasteiger partial charge in [0.05, 0.1) is 16.7 Å². The van der Waals surface area contributed by atoms with Gasteiger partial charge in [-0.15, -0.1) is 0 Å². The largest absolute Gasteiger partial charge is 0.507 e. The highest BCUT2D eigenvalue weighted by Crippen LogP contribution is 2.28. The van der Waals surface area contributed by atoms with Crippen molar-refractivity contribution in [1.29, 1.82) is 0 Å². The molecule has 3 rings (SSSR count). The van der Waals surface area contributed by atoms with Gasteiger partial charge in [-0.2, -0.15) is 5.10 Å². The van der Waals surface area contributed by atoms with Crippen molar-refractivity contribution in [3.05, 3.63) is 81.6 Å². The number of aromatic hydroxyl groups is 1. The quantitative estimate of drug-likeness (QED) is 0.407. The number of phenolic OH excluding ortho intramolecular Hbond substituents is 1. The predicted octanol–water partition coefficient (Wildman–Crippen LogP) is 3.63. The maximum atomic E-state index is 11.9. The van der Waals surface area contributed by atoms with Gasteiger partial charge in [-0.3, -0.25) is 14.9 Å². The van der Waals surface area contributed by atoms with Gasteiger partial charge in [0, 0.05) is 17.7 Å². The molecular weight excluding hydrogens is 350 g/mol. The lowest BCUT2D eigenvalue weighted by Crippen LogP contribution is -2.17. The molecule has 2 N–H and O–H groups in total. The number of aryl methyl sites for hydroxylation is 1. The van der Waals surface area contributed by atoms with E-state index in [4.69, 9.17) is 4.42 Å². The van der Waals surface area contributed by atoms with Gasteiger partial charge >= 0.3 is 0 Å². The van der Waals surface area contributed by atoms with Crippen LogP contribution in [0.1, 0.15) is 21.7 Å². The highest BCUT2D eigenvalue weighted by Gasteiger charge is 2.13. The zero-order valence-electron chi connectivity index (χ0n) is 14.2. The van der Waals surface area contributed by atoms with Crippen LogP contribution in [0.3, 0.4) is 0 Å². The van der Waals surface area contributed by atoms with E-state index in [1.165, 1.54) is 30.5 Å². The number of non-ortho nitro benzene ring substituents is 1. The summed E-state index contributed by atoms with van der Waals surface area (Å²) in [5.41, 5.74) is 3.79. The number of hydrogen-bond donors (Lipinski definition) is 2. The molecule has 0 radical (unpaired) electrons. The van der Waals surface area contributed by atoms with Gasteiger partial charge in [0.15, 0.2) is 0 Å². The molecule has 8 nitrogen and oxygen atoms in total. The van der Waals surface area contributed by atoms with Crippen molar-refractivity contribution >= 4 is 17.8 Å². The first-order chi connectivity index (χ1) is 13.0. The van der Waals surface area contributed by atoms with Crippen LogP contribution in [-0.4, -0.2) is 22.2 Å². The van der Waals surface area contributed by atoms with Crippen LogP contribution >= 0.6 is 0 Å². The summed E-state index contributed by atoms with van der Waals surface area (Å²) in [5.74, 6) is 0.0930. The molecule has 136 valence electrons. The number of carbonyl (C=O) groups excluding carboxylic acids is 1. The van der Waals surface area contributed by atoms with Gasteiger partial charge in [-0.05, 0) is 36.8 Å². The summed E-state index contributed by atoms with van der Waals surface area (Å²) >= 11 is 0. The molecule has 1 aromatic heterocycles. The van der Waals surface area contributed by atoms with Crippen LogP contribution in [-0.2, 0) is 0 Å². The van der Waals surface area contributed by atoms with Gasteiger partial charge in [-0.25, -0.2) is 5.43 Å². The highest BCUT2D eigenvalue weighted by molar-refractivity contribution is 5.97. The monoisotopic (exact) mass is 365 g/mol. The third kappa shape index (κ3) is 4.01. The van der Waals surface area contributed by atoms with E-state index in [9.17, 15) is 20.0 Å². The van der Waals surface area contributed by atoms with Crippen LogP contribution in [0.2, 0.25) is 0 Å². The molecule has 2 aromatic carbocycles. The van der Waals surface area contributed by atoms with Crippen molar-refractivity contribution in [1.82, 2.24) is 5.43 Å². The molecule has 0 aliphatic rings. The first-order valence-electron chi connectivity index (χ1n) is 7.92. The van der Waals surface area contributed by atoms with Crippen LogP contribution < -0.4 is 5.43 Å². The summed E-state index contributed by atoms with van der Waals surface area (Å²) in [6, 6.07) is 13.9. The average molecular weight is 365 g/mol. The maximum absolute atomic E-state index is 11.9. The number of hydrazone groups is 1. The predicted molar refractivity (Wildman–Crippen MR) is 98.7 cm³/mol. The Morgan fingerprint density at radius 2 is 2.00 bits per heavy atom. The standard InChI is InChI=1S/C19H15N3O5/c1-12-6-7-13(22(25)26)10-16(12)18-9-8-14(27-18)11-20-21-19(24)15-4-2-3-5-17(15)23/h2-11,23H,1H3,(H,21,24)/b20-11-. The highest BCUT2D eigenvalue weighted by atomic mass is 16.6. The molecule has 0 aliphatic carbocycles. The summed E-state index contributed by atoms with van der Waals surface area (Å²) in [6.07, 6.45) is 1.30. The summed E-state index contributed by atoms with van der Waals surface area (Å²) in [5, 5.41) is 24.4. The molecule has 0 saturated carbocycles. The fraction of sp³-hybridized carbons (Fsp3) is 0.0526. The van der Waals surface area contributed by atoms with E-state index in [1.807, 2.05) is 6.92 Å². The molecule has 0 atom stereocenters. The number of nitrogens with one attached hydrogen (secondary N) is 1. The lowest BCUT2D eigenvalue weighted by molar-refractivity contribution is -0.384. The third-order valence-electron chi connectivity index (χ3n) is 3.83. The number of amides is 1. The van der Waals surface area contributed by atoms with E-state index < -0.39 is 10.8 Å². The molecule has 1 amide bonds. The first kappa shape index (κ1) is 17.9. The lowest BCUT2D eigenvalue weighted by Gasteiger charge is -2.02. The molecule has 0 unspecified atom stereocenters. The minimum Gasteiger partial charge on any atom is -0.507 e. The van der Waals surface area contributed by atoms with E-state index in [1.54, 1.807) is 30.3 Å².